The molecule has 3 nitrogen and oxygen atoms in total. The molecule has 0 saturated carbocycles. The molecule has 1 aliphatic heterocycles. The third-order valence-electron chi connectivity index (χ3n) is 5.34. The van der Waals surface area contributed by atoms with Gasteiger partial charge in [0.2, 0.25) is 0 Å². The molecule has 1 unspecified atom stereocenters. The topological polar surface area (TPSA) is 34.6 Å². The molecule has 124 valence electrons. The Kier molecular flexibility index (Phi) is 4.58. The molecule has 2 heterocycles. The van der Waals surface area contributed by atoms with Crippen molar-refractivity contribution in [3.05, 3.63) is 45.3 Å². The fraction of sp³-hybridized carbons (Fsp3) is 0.550. The van der Waals surface area contributed by atoms with Crippen LogP contribution in [0.1, 0.15) is 62.6 Å². The van der Waals surface area contributed by atoms with Gasteiger partial charge in [-0.2, -0.15) is 0 Å². The second kappa shape index (κ2) is 6.48. The average molecular weight is 314 g/mol. The lowest BCUT2D eigenvalue weighted by Gasteiger charge is -2.30. The summed E-state index contributed by atoms with van der Waals surface area (Å²) in [6, 6.07) is 6.64. The van der Waals surface area contributed by atoms with Crippen LogP contribution < -0.4 is 10.5 Å². The molecule has 1 aromatic heterocycles. The summed E-state index contributed by atoms with van der Waals surface area (Å²) in [5.74, 6) is 0.473. The van der Waals surface area contributed by atoms with Gasteiger partial charge in [0.25, 0.3) is 0 Å². The van der Waals surface area contributed by atoms with Gasteiger partial charge in [0.1, 0.15) is 12.1 Å². The van der Waals surface area contributed by atoms with E-state index in [0.717, 1.165) is 23.1 Å². The van der Waals surface area contributed by atoms with E-state index < -0.39 is 0 Å². The van der Waals surface area contributed by atoms with Gasteiger partial charge in [0, 0.05) is 17.0 Å². The molecular formula is C20H28NO2+. The maximum atomic E-state index is 12.0. The Balaban J connectivity index is 2.07. The molecular weight excluding hydrogens is 286 g/mol. The molecule has 23 heavy (non-hydrogen) atoms. The third-order valence-corrected chi connectivity index (χ3v) is 5.34. The van der Waals surface area contributed by atoms with Crippen molar-refractivity contribution in [2.24, 2.45) is 0 Å². The number of hydrogen-bond acceptors (Lipinski definition) is 2. The number of rotatable bonds is 3. The van der Waals surface area contributed by atoms with Crippen molar-refractivity contribution in [1.82, 2.24) is 0 Å². The van der Waals surface area contributed by atoms with Gasteiger partial charge in [-0.3, -0.25) is 0 Å². The van der Waals surface area contributed by atoms with E-state index in [1.807, 2.05) is 6.07 Å². The van der Waals surface area contributed by atoms with Crippen LogP contribution in [0.25, 0.3) is 11.0 Å². The summed E-state index contributed by atoms with van der Waals surface area (Å²) in [7, 11) is 0. The van der Waals surface area contributed by atoms with Crippen LogP contribution >= 0.6 is 0 Å². The maximum Gasteiger partial charge on any atom is 0.336 e. The third kappa shape index (κ3) is 3.35. The van der Waals surface area contributed by atoms with E-state index in [0.29, 0.717) is 12.0 Å². The zero-order valence-electron chi connectivity index (χ0n) is 14.7. The van der Waals surface area contributed by atoms with Gasteiger partial charge in [-0.1, -0.05) is 13.8 Å². The SMILES string of the molecule is Cc1cc2oc(=O)cc(C[NH+]3CCCC[C@H]3C)c2cc1C(C)C. The number of piperidine rings is 1. The minimum Gasteiger partial charge on any atom is -0.423 e. The number of fused-ring (bicyclic) bond motifs is 1. The molecule has 0 bridgehead atoms. The van der Waals surface area contributed by atoms with E-state index in [1.54, 1.807) is 11.0 Å². The normalized spacial score (nSPS) is 22.0. The van der Waals surface area contributed by atoms with Gasteiger partial charge in [-0.05, 0) is 62.3 Å². The van der Waals surface area contributed by atoms with Gasteiger partial charge in [0.05, 0.1) is 12.6 Å². The van der Waals surface area contributed by atoms with Crippen LogP contribution in [-0.2, 0) is 6.54 Å². The van der Waals surface area contributed by atoms with Crippen LogP contribution in [0.5, 0.6) is 0 Å². The molecule has 2 atom stereocenters. The van der Waals surface area contributed by atoms with Gasteiger partial charge in [-0.15, -0.1) is 0 Å². The Morgan fingerprint density at radius 3 is 2.74 bits per heavy atom. The molecule has 0 radical (unpaired) electrons. The first-order valence-electron chi connectivity index (χ1n) is 8.87. The van der Waals surface area contributed by atoms with Crippen molar-refractivity contribution in [3.8, 4) is 0 Å². The van der Waals surface area contributed by atoms with E-state index in [-0.39, 0.29) is 5.63 Å². The lowest BCUT2D eigenvalue weighted by molar-refractivity contribution is -0.941. The van der Waals surface area contributed by atoms with Crippen LogP contribution in [-0.4, -0.2) is 12.6 Å². The Labute approximate surface area is 138 Å². The van der Waals surface area contributed by atoms with Gasteiger partial charge < -0.3 is 9.32 Å². The van der Waals surface area contributed by atoms with Crippen LogP contribution in [0.15, 0.2) is 27.4 Å². The van der Waals surface area contributed by atoms with Crippen molar-refractivity contribution >= 4 is 11.0 Å². The average Bonchev–Trinajstić information content (AvgIpc) is 2.48. The van der Waals surface area contributed by atoms with Crippen LogP contribution in [0.3, 0.4) is 0 Å². The zero-order chi connectivity index (χ0) is 16.6. The Morgan fingerprint density at radius 2 is 2.04 bits per heavy atom. The highest BCUT2D eigenvalue weighted by molar-refractivity contribution is 5.82. The molecule has 0 spiro atoms. The Hall–Kier alpha value is -1.61. The molecule has 1 aliphatic rings. The lowest BCUT2D eigenvalue weighted by atomic mass is 9.94. The number of nitrogens with one attached hydrogen (secondary N) is 1. The minimum atomic E-state index is -0.228. The van der Waals surface area contributed by atoms with E-state index >= 15 is 0 Å². The number of hydrogen-bond donors (Lipinski definition) is 1. The number of likely N-dealkylation sites (tertiary alicyclic amines) is 1. The van der Waals surface area contributed by atoms with Crippen LogP contribution in [0.4, 0.5) is 0 Å². The smallest absolute Gasteiger partial charge is 0.336 e. The highest BCUT2D eigenvalue weighted by atomic mass is 16.4. The zero-order valence-corrected chi connectivity index (χ0v) is 14.7. The molecule has 3 heteroatoms. The summed E-state index contributed by atoms with van der Waals surface area (Å²) in [4.78, 5) is 13.6. The number of benzene rings is 1. The lowest BCUT2D eigenvalue weighted by Crippen LogP contribution is -3.14. The molecule has 1 N–H and O–H groups in total. The number of quaternary nitrogens is 1. The summed E-state index contributed by atoms with van der Waals surface area (Å²) in [5.41, 5.74) is 4.19. The highest BCUT2D eigenvalue weighted by Gasteiger charge is 2.23. The highest BCUT2D eigenvalue weighted by Crippen LogP contribution is 2.26. The first-order chi connectivity index (χ1) is 11.0. The Bertz CT molecular complexity index is 760. The summed E-state index contributed by atoms with van der Waals surface area (Å²) < 4.78 is 5.47. The van der Waals surface area contributed by atoms with Crippen molar-refractivity contribution in [2.45, 2.75) is 65.5 Å². The van der Waals surface area contributed by atoms with Crippen molar-refractivity contribution < 1.29 is 9.32 Å². The van der Waals surface area contributed by atoms with Gasteiger partial charge >= 0.3 is 5.63 Å². The molecule has 2 aromatic rings. The summed E-state index contributed by atoms with van der Waals surface area (Å²) in [5, 5.41) is 1.11. The predicted molar refractivity (Wildman–Crippen MR) is 94.2 cm³/mol. The second-order valence-corrected chi connectivity index (χ2v) is 7.43. The quantitative estimate of drug-likeness (QED) is 0.883. The van der Waals surface area contributed by atoms with Crippen molar-refractivity contribution in [1.29, 1.82) is 0 Å². The molecule has 3 rings (SSSR count). The van der Waals surface area contributed by atoms with E-state index in [1.165, 1.54) is 36.9 Å². The number of aryl methyl sites for hydroxylation is 1. The fourth-order valence-corrected chi connectivity index (χ4v) is 3.92. The summed E-state index contributed by atoms with van der Waals surface area (Å²) >= 11 is 0. The van der Waals surface area contributed by atoms with Crippen LogP contribution in [0.2, 0.25) is 0 Å². The first kappa shape index (κ1) is 16.3. The van der Waals surface area contributed by atoms with Gasteiger partial charge in [0.15, 0.2) is 0 Å². The minimum absolute atomic E-state index is 0.228. The first-order valence-corrected chi connectivity index (χ1v) is 8.87. The van der Waals surface area contributed by atoms with Crippen molar-refractivity contribution in [2.75, 3.05) is 6.54 Å². The van der Waals surface area contributed by atoms with Gasteiger partial charge in [-0.25, -0.2) is 4.79 Å². The van der Waals surface area contributed by atoms with E-state index in [9.17, 15) is 4.79 Å². The molecule has 0 aliphatic carbocycles. The molecule has 1 saturated heterocycles. The predicted octanol–water partition coefficient (Wildman–Crippen LogP) is 3.18. The second-order valence-electron chi connectivity index (χ2n) is 7.43. The van der Waals surface area contributed by atoms with Crippen molar-refractivity contribution in [3.63, 3.8) is 0 Å². The largest absolute Gasteiger partial charge is 0.423 e. The maximum absolute atomic E-state index is 12.0. The van der Waals surface area contributed by atoms with Crippen LogP contribution in [0, 0.1) is 6.92 Å². The monoisotopic (exact) mass is 314 g/mol. The fourth-order valence-electron chi connectivity index (χ4n) is 3.92. The Morgan fingerprint density at radius 1 is 1.26 bits per heavy atom. The molecule has 1 fully saturated rings. The molecule has 1 aromatic carbocycles. The standard InChI is InChI=1S/C20H27NO2/c1-13(2)17-11-18-16(12-21-8-6-5-7-15(21)4)10-20(22)23-19(18)9-14(17)3/h9-11,13,15H,5-8,12H2,1-4H3/p+1/t15-/m1/s1. The van der Waals surface area contributed by atoms with E-state index in [2.05, 4.69) is 33.8 Å². The van der Waals surface area contributed by atoms with E-state index in [4.69, 9.17) is 4.42 Å². The molecule has 0 amide bonds. The summed E-state index contributed by atoms with van der Waals surface area (Å²) in [6.07, 6.45) is 3.90. The summed E-state index contributed by atoms with van der Waals surface area (Å²) in [6.45, 7) is 11.0.